The molecule has 0 unspecified atom stereocenters. The molecule has 0 heterocycles. The summed E-state index contributed by atoms with van der Waals surface area (Å²) in [6.45, 7) is 0. The summed E-state index contributed by atoms with van der Waals surface area (Å²) in [5.74, 6) is -4.50. The van der Waals surface area contributed by atoms with E-state index in [1.54, 1.807) is 0 Å². The Bertz CT molecular complexity index is 380. The van der Waals surface area contributed by atoms with Gasteiger partial charge >= 0.3 is 19.1 Å². The van der Waals surface area contributed by atoms with Crippen molar-refractivity contribution in [1.29, 1.82) is 0 Å². The Kier molecular flexibility index (Phi) is 3.80. The summed E-state index contributed by atoms with van der Waals surface area (Å²) >= 11 is 0. The van der Waals surface area contributed by atoms with Gasteiger partial charge in [-0.05, 0) is 5.46 Å². The molecule has 0 aromatic heterocycles. The lowest BCUT2D eigenvalue weighted by molar-refractivity contribution is -0.344. The van der Waals surface area contributed by atoms with E-state index < -0.39 is 24.7 Å². The van der Waals surface area contributed by atoms with Crippen molar-refractivity contribution in [2.75, 3.05) is 7.11 Å². The molecular formula is C9H9BF4O3. The topological polar surface area (TPSA) is 49.7 Å². The summed E-state index contributed by atoms with van der Waals surface area (Å²) in [6.07, 6.45) is -4.63. The Hall–Kier alpha value is -1.12. The number of hydrogen-bond acceptors (Lipinski definition) is 3. The average Bonchev–Trinajstić information content (AvgIpc) is 2.28. The second-order valence-corrected chi connectivity index (χ2v) is 3.29. The van der Waals surface area contributed by atoms with Crippen LogP contribution in [-0.2, 0) is 10.7 Å². The fourth-order valence-corrected chi connectivity index (χ4v) is 1.16. The van der Waals surface area contributed by atoms with Crippen molar-refractivity contribution in [3.8, 4) is 0 Å². The first-order valence-corrected chi connectivity index (χ1v) is 4.49. The second-order valence-electron chi connectivity index (χ2n) is 3.29. The molecule has 0 saturated carbocycles. The Morgan fingerprint density at radius 2 is 1.53 bits per heavy atom. The first-order chi connectivity index (χ1) is 7.72. The maximum atomic E-state index is 13.3. The molecule has 0 saturated heterocycles. The summed E-state index contributed by atoms with van der Waals surface area (Å²) in [4.78, 5) is 0. The van der Waals surface area contributed by atoms with Gasteiger partial charge in [0.05, 0.1) is 0 Å². The molecule has 0 aliphatic heterocycles. The summed E-state index contributed by atoms with van der Waals surface area (Å²) in [5, 5.41) is 17.4. The molecule has 2 N–H and O–H groups in total. The third kappa shape index (κ3) is 2.59. The van der Waals surface area contributed by atoms with Crippen LogP contribution in [0.25, 0.3) is 0 Å². The molecule has 0 fully saturated rings. The SMILES string of the molecule is COC(F)(F)C(F)(F)c1ccc(B(O)O)cc1. The molecule has 0 aliphatic carbocycles. The smallest absolute Gasteiger partial charge is 0.423 e. The summed E-state index contributed by atoms with van der Waals surface area (Å²) in [5.41, 5.74) is -1.06. The van der Waals surface area contributed by atoms with Gasteiger partial charge < -0.3 is 14.8 Å². The van der Waals surface area contributed by atoms with Crippen LogP contribution in [0.15, 0.2) is 24.3 Å². The Balaban J connectivity index is 3.08. The van der Waals surface area contributed by atoms with Gasteiger partial charge in [-0.1, -0.05) is 24.3 Å². The van der Waals surface area contributed by atoms with E-state index >= 15 is 0 Å². The highest BCUT2D eigenvalue weighted by molar-refractivity contribution is 6.58. The molecule has 1 aromatic carbocycles. The predicted octanol–water partition coefficient (Wildman–Crippen LogP) is 0.697. The Morgan fingerprint density at radius 1 is 1.06 bits per heavy atom. The quantitative estimate of drug-likeness (QED) is 0.612. The van der Waals surface area contributed by atoms with Gasteiger partial charge in [0.25, 0.3) is 0 Å². The second kappa shape index (κ2) is 4.63. The molecule has 1 rings (SSSR count). The lowest BCUT2D eigenvalue weighted by Gasteiger charge is -2.24. The van der Waals surface area contributed by atoms with Crippen molar-refractivity contribution in [2.24, 2.45) is 0 Å². The third-order valence-corrected chi connectivity index (χ3v) is 2.19. The number of hydrogen-bond donors (Lipinski definition) is 2. The van der Waals surface area contributed by atoms with Gasteiger partial charge in [0.1, 0.15) is 0 Å². The van der Waals surface area contributed by atoms with Crippen LogP contribution in [0.5, 0.6) is 0 Å². The normalized spacial score (nSPS) is 12.6. The molecule has 8 heteroatoms. The average molecular weight is 252 g/mol. The van der Waals surface area contributed by atoms with Crippen molar-refractivity contribution >= 4 is 12.6 Å². The van der Waals surface area contributed by atoms with E-state index in [2.05, 4.69) is 4.74 Å². The minimum Gasteiger partial charge on any atom is -0.423 e. The van der Waals surface area contributed by atoms with Crippen LogP contribution in [0.3, 0.4) is 0 Å². The monoisotopic (exact) mass is 252 g/mol. The zero-order valence-electron chi connectivity index (χ0n) is 8.70. The minimum atomic E-state index is -4.63. The molecule has 1 aromatic rings. The van der Waals surface area contributed by atoms with Crippen molar-refractivity contribution < 1.29 is 32.3 Å². The van der Waals surface area contributed by atoms with Gasteiger partial charge in [0.15, 0.2) is 0 Å². The zero-order chi connectivity index (χ0) is 13.3. The highest BCUT2D eigenvalue weighted by Gasteiger charge is 2.58. The molecule has 0 spiro atoms. The number of ether oxygens (including phenoxy) is 1. The van der Waals surface area contributed by atoms with Crippen LogP contribution >= 0.6 is 0 Å². The lowest BCUT2D eigenvalue weighted by Crippen LogP contribution is -2.40. The highest BCUT2D eigenvalue weighted by atomic mass is 19.3. The van der Waals surface area contributed by atoms with E-state index in [1.165, 1.54) is 0 Å². The van der Waals surface area contributed by atoms with Crippen molar-refractivity contribution in [1.82, 2.24) is 0 Å². The number of methoxy groups -OCH3 is 1. The van der Waals surface area contributed by atoms with E-state index in [-0.39, 0.29) is 5.46 Å². The maximum Gasteiger partial charge on any atom is 0.488 e. The van der Waals surface area contributed by atoms with Crippen LogP contribution in [-0.4, -0.2) is 30.4 Å². The van der Waals surface area contributed by atoms with Gasteiger partial charge in [0.2, 0.25) is 0 Å². The molecule has 0 radical (unpaired) electrons. The molecule has 0 amide bonds. The molecule has 0 bridgehead atoms. The third-order valence-electron chi connectivity index (χ3n) is 2.19. The van der Waals surface area contributed by atoms with E-state index in [9.17, 15) is 17.6 Å². The van der Waals surface area contributed by atoms with E-state index in [0.29, 0.717) is 19.2 Å². The van der Waals surface area contributed by atoms with Gasteiger partial charge in [-0.2, -0.15) is 17.6 Å². The summed E-state index contributed by atoms with van der Waals surface area (Å²) < 4.78 is 55.6. The predicted molar refractivity (Wildman–Crippen MR) is 52.1 cm³/mol. The molecular weight excluding hydrogens is 243 g/mol. The van der Waals surface area contributed by atoms with Crippen LogP contribution in [0.1, 0.15) is 5.56 Å². The number of benzene rings is 1. The summed E-state index contributed by atoms with van der Waals surface area (Å²) in [6, 6.07) is 3.20. The highest BCUT2D eigenvalue weighted by Crippen LogP contribution is 2.42. The van der Waals surface area contributed by atoms with Crippen molar-refractivity contribution in [3.05, 3.63) is 29.8 Å². The van der Waals surface area contributed by atoms with E-state index in [1.807, 2.05) is 0 Å². The standard InChI is InChI=1S/C9H9BF4O3/c1-17-9(13,14)8(11,12)6-2-4-7(5-3-6)10(15)16/h2-5,15-16H,1H3. The number of rotatable bonds is 4. The summed E-state index contributed by atoms with van der Waals surface area (Å²) in [7, 11) is -1.37. The fourth-order valence-electron chi connectivity index (χ4n) is 1.16. The fraction of sp³-hybridized carbons (Fsp3) is 0.333. The molecule has 0 atom stereocenters. The van der Waals surface area contributed by atoms with Gasteiger partial charge in [-0.3, -0.25) is 0 Å². The van der Waals surface area contributed by atoms with E-state index in [0.717, 1.165) is 12.1 Å². The largest absolute Gasteiger partial charge is 0.488 e. The first kappa shape index (κ1) is 13.9. The molecule has 0 aliphatic rings. The number of halogens is 4. The van der Waals surface area contributed by atoms with E-state index in [4.69, 9.17) is 10.0 Å². The molecule has 3 nitrogen and oxygen atoms in total. The Morgan fingerprint density at radius 3 is 1.88 bits per heavy atom. The van der Waals surface area contributed by atoms with Crippen LogP contribution < -0.4 is 5.46 Å². The lowest BCUT2D eigenvalue weighted by atomic mass is 9.80. The first-order valence-electron chi connectivity index (χ1n) is 4.49. The van der Waals surface area contributed by atoms with Crippen LogP contribution in [0, 0.1) is 0 Å². The van der Waals surface area contributed by atoms with Crippen molar-refractivity contribution in [3.63, 3.8) is 0 Å². The Labute approximate surface area is 94.8 Å². The van der Waals surface area contributed by atoms with Crippen LogP contribution in [0.4, 0.5) is 17.6 Å². The van der Waals surface area contributed by atoms with Crippen molar-refractivity contribution in [2.45, 2.75) is 12.0 Å². The zero-order valence-corrected chi connectivity index (χ0v) is 8.70. The van der Waals surface area contributed by atoms with Gasteiger partial charge in [-0.15, -0.1) is 0 Å². The number of alkyl halides is 4. The maximum absolute atomic E-state index is 13.3. The van der Waals surface area contributed by atoms with Gasteiger partial charge in [0, 0.05) is 12.7 Å². The van der Waals surface area contributed by atoms with Crippen LogP contribution in [0.2, 0.25) is 0 Å². The molecule has 17 heavy (non-hydrogen) atoms. The molecule has 94 valence electrons. The minimum absolute atomic E-state index is 0.0784. The van der Waals surface area contributed by atoms with Gasteiger partial charge in [-0.25, -0.2) is 0 Å².